The Balaban J connectivity index is 0.00000363. The van der Waals surface area contributed by atoms with E-state index in [2.05, 4.69) is 40.7 Å². The molecule has 6 nitrogen and oxygen atoms in total. The maximum atomic E-state index is 5.99. The highest BCUT2D eigenvalue weighted by Gasteiger charge is 2.21. The fourth-order valence-corrected chi connectivity index (χ4v) is 4.48. The number of guanidine groups is 1. The Morgan fingerprint density at radius 2 is 1.88 bits per heavy atom. The number of rotatable bonds is 10. The third-order valence-corrected chi connectivity index (χ3v) is 6.31. The van der Waals surface area contributed by atoms with Gasteiger partial charge < -0.3 is 24.4 Å². The van der Waals surface area contributed by atoms with Crippen molar-refractivity contribution < 1.29 is 14.2 Å². The van der Waals surface area contributed by atoms with Crippen molar-refractivity contribution in [2.45, 2.75) is 38.8 Å². The largest absolute Gasteiger partial charge is 0.497 e. The molecule has 32 heavy (non-hydrogen) atoms. The summed E-state index contributed by atoms with van der Waals surface area (Å²) in [6.07, 6.45) is 3.39. The summed E-state index contributed by atoms with van der Waals surface area (Å²) in [5, 5.41) is 5.66. The molecule has 2 heterocycles. The molecule has 1 N–H and O–H groups in total. The molecule has 8 heteroatoms. The van der Waals surface area contributed by atoms with Crippen molar-refractivity contribution in [3.8, 4) is 16.9 Å². The van der Waals surface area contributed by atoms with Gasteiger partial charge in [0.05, 0.1) is 19.8 Å². The maximum absolute atomic E-state index is 5.99. The summed E-state index contributed by atoms with van der Waals surface area (Å²) in [4.78, 5) is 8.54. The summed E-state index contributed by atoms with van der Waals surface area (Å²) in [6, 6.07) is 10.4. The van der Waals surface area contributed by atoms with Crippen LogP contribution in [0.25, 0.3) is 11.1 Å². The fraction of sp³-hybridized carbons (Fsp3) is 0.542. The van der Waals surface area contributed by atoms with E-state index in [1.165, 1.54) is 16.0 Å². The second kappa shape index (κ2) is 14.7. The quantitative estimate of drug-likeness (QED) is 0.187. The summed E-state index contributed by atoms with van der Waals surface area (Å²) in [7, 11) is 3.42. The molecule has 0 spiro atoms. The van der Waals surface area contributed by atoms with E-state index >= 15 is 0 Å². The zero-order chi connectivity index (χ0) is 21.9. The predicted octanol–water partition coefficient (Wildman–Crippen LogP) is 5.02. The lowest BCUT2D eigenvalue weighted by Crippen LogP contribution is -2.47. The zero-order valence-electron chi connectivity index (χ0n) is 19.3. The van der Waals surface area contributed by atoms with Crippen LogP contribution in [0.5, 0.6) is 5.75 Å². The second-order valence-electron chi connectivity index (χ2n) is 7.60. The first-order chi connectivity index (χ1) is 15.2. The van der Waals surface area contributed by atoms with Crippen molar-refractivity contribution >= 4 is 41.3 Å². The van der Waals surface area contributed by atoms with Crippen molar-refractivity contribution in [1.29, 1.82) is 0 Å². The first-order valence-electron chi connectivity index (χ1n) is 11.1. The lowest BCUT2D eigenvalue weighted by Gasteiger charge is -2.34. The number of aliphatic imine (C=N–C) groups is 1. The number of hydrogen-bond donors (Lipinski definition) is 1. The third kappa shape index (κ3) is 8.20. The van der Waals surface area contributed by atoms with Gasteiger partial charge in [-0.15, -0.1) is 35.3 Å². The smallest absolute Gasteiger partial charge is 0.194 e. The van der Waals surface area contributed by atoms with Gasteiger partial charge in [-0.1, -0.05) is 12.1 Å². The van der Waals surface area contributed by atoms with Crippen molar-refractivity contribution in [3.05, 3.63) is 40.6 Å². The highest BCUT2D eigenvalue weighted by molar-refractivity contribution is 14.0. The molecular formula is C24H36IN3O3S. The van der Waals surface area contributed by atoms with Crippen LogP contribution in [0.4, 0.5) is 0 Å². The average molecular weight is 574 g/mol. The number of nitrogens with zero attached hydrogens (tertiary/aromatic N) is 2. The van der Waals surface area contributed by atoms with Crippen LogP contribution < -0.4 is 10.1 Å². The third-order valence-electron chi connectivity index (χ3n) is 5.38. The summed E-state index contributed by atoms with van der Waals surface area (Å²) < 4.78 is 16.3. The summed E-state index contributed by atoms with van der Waals surface area (Å²) in [5.74, 6) is 1.88. The van der Waals surface area contributed by atoms with Gasteiger partial charge in [0.25, 0.3) is 0 Å². The summed E-state index contributed by atoms with van der Waals surface area (Å²) >= 11 is 1.76. The highest BCUT2D eigenvalue weighted by Crippen LogP contribution is 2.27. The van der Waals surface area contributed by atoms with Crippen molar-refractivity contribution in [2.24, 2.45) is 4.99 Å². The van der Waals surface area contributed by atoms with Gasteiger partial charge in [-0.25, -0.2) is 4.99 Å². The molecule has 1 fully saturated rings. The van der Waals surface area contributed by atoms with E-state index < -0.39 is 0 Å². The minimum Gasteiger partial charge on any atom is -0.497 e. The van der Waals surface area contributed by atoms with Gasteiger partial charge in [0, 0.05) is 44.8 Å². The fourth-order valence-electron chi connectivity index (χ4n) is 3.66. The normalized spacial score (nSPS) is 14.8. The topological polar surface area (TPSA) is 55.3 Å². The number of likely N-dealkylation sites (tertiary alicyclic amines) is 1. The number of thiophene rings is 1. The van der Waals surface area contributed by atoms with Gasteiger partial charge in [0.1, 0.15) is 5.75 Å². The Bertz CT molecular complexity index is 805. The van der Waals surface area contributed by atoms with Crippen LogP contribution >= 0.6 is 35.3 Å². The lowest BCUT2D eigenvalue weighted by atomic mass is 10.1. The molecular weight excluding hydrogens is 537 g/mol. The zero-order valence-corrected chi connectivity index (χ0v) is 22.5. The van der Waals surface area contributed by atoms with E-state index in [9.17, 15) is 0 Å². The molecule has 0 aliphatic carbocycles. The van der Waals surface area contributed by atoms with E-state index in [0.717, 1.165) is 63.8 Å². The minimum absolute atomic E-state index is 0. The molecule has 0 radical (unpaired) electrons. The van der Waals surface area contributed by atoms with E-state index in [-0.39, 0.29) is 24.0 Å². The van der Waals surface area contributed by atoms with E-state index in [1.54, 1.807) is 25.6 Å². The Morgan fingerprint density at radius 3 is 2.53 bits per heavy atom. The number of methoxy groups -OCH3 is 2. The number of benzene rings is 1. The molecule has 1 saturated heterocycles. The van der Waals surface area contributed by atoms with Crippen LogP contribution in [0.1, 0.15) is 31.1 Å². The Labute approximate surface area is 213 Å². The SMILES string of the molecule is CCNC(=NCc1cc(-c2ccc(OC)cc2)cs1)N1CCC(OCCCOC)CC1.I. The number of piperidine rings is 1. The highest BCUT2D eigenvalue weighted by atomic mass is 127. The summed E-state index contributed by atoms with van der Waals surface area (Å²) in [5.41, 5.74) is 2.43. The Hall–Kier alpha value is -1.36. The van der Waals surface area contributed by atoms with Crippen molar-refractivity contribution in [2.75, 3.05) is 47.1 Å². The first-order valence-corrected chi connectivity index (χ1v) is 12.0. The van der Waals surface area contributed by atoms with Crippen LogP contribution in [0.2, 0.25) is 0 Å². The van der Waals surface area contributed by atoms with Gasteiger partial charge in [0.2, 0.25) is 0 Å². The van der Waals surface area contributed by atoms with Gasteiger partial charge in [-0.05, 0) is 60.9 Å². The monoisotopic (exact) mass is 573 g/mol. The molecule has 2 aromatic rings. The van der Waals surface area contributed by atoms with Gasteiger partial charge in [0.15, 0.2) is 5.96 Å². The molecule has 0 saturated carbocycles. The molecule has 1 aliphatic heterocycles. The van der Waals surface area contributed by atoms with Crippen LogP contribution in [0.3, 0.4) is 0 Å². The van der Waals surface area contributed by atoms with Crippen molar-refractivity contribution in [3.63, 3.8) is 0 Å². The van der Waals surface area contributed by atoms with Crippen LogP contribution in [-0.4, -0.2) is 64.0 Å². The van der Waals surface area contributed by atoms with Crippen LogP contribution in [0, 0.1) is 0 Å². The van der Waals surface area contributed by atoms with E-state index in [1.807, 2.05) is 12.1 Å². The molecule has 3 rings (SSSR count). The van der Waals surface area contributed by atoms with Gasteiger partial charge in [-0.2, -0.15) is 0 Å². The molecule has 0 amide bonds. The standard InChI is InChI=1S/C24H35N3O3S.HI/c1-4-25-24(27-12-10-22(11-13-27)30-15-5-14-28-2)26-17-23-16-20(18-31-23)19-6-8-21(29-3)9-7-19;/h6-9,16,18,22H,4-5,10-15,17H2,1-3H3,(H,25,26);1H. The van der Waals surface area contributed by atoms with Gasteiger partial charge >= 0.3 is 0 Å². The summed E-state index contributed by atoms with van der Waals surface area (Å²) in [6.45, 7) is 7.17. The number of halogens is 1. The number of nitrogens with one attached hydrogen (secondary N) is 1. The average Bonchev–Trinajstić information content (AvgIpc) is 3.29. The molecule has 178 valence electrons. The lowest BCUT2D eigenvalue weighted by molar-refractivity contribution is 0.00990. The molecule has 0 bridgehead atoms. The van der Waals surface area contributed by atoms with Crippen LogP contribution in [-0.2, 0) is 16.0 Å². The van der Waals surface area contributed by atoms with E-state index in [4.69, 9.17) is 19.2 Å². The Kier molecular flexibility index (Phi) is 12.4. The van der Waals surface area contributed by atoms with Gasteiger partial charge in [-0.3, -0.25) is 0 Å². The second-order valence-corrected chi connectivity index (χ2v) is 8.60. The Morgan fingerprint density at radius 1 is 1.12 bits per heavy atom. The minimum atomic E-state index is 0. The molecule has 0 atom stereocenters. The number of ether oxygens (including phenoxy) is 3. The number of hydrogen-bond acceptors (Lipinski definition) is 5. The van der Waals surface area contributed by atoms with E-state index in [0.29, 0.717) is 12.6 Å². The van der Waals surface area contributed by atoms with Crippen molar-refractivity contribution in [1.82, 2.24) is 10.2 Å². The molecule has 1 aromatic heterocycles. The van der Waals surface area contributed by atoms with Crippen LogP contribution in [0.15, 0.2) is 40.7 Å². The first kappa shape index (κ1) is 26.9. The molecule has 1 aliphatic rings. The molecule has 0 unspecified atom stereocenters. The molecule has 1 aromatic carbocycles. The predicted molar refractivity (Wildman–Crippen MR) is 144 cm³/mol. The maximum Gasteiger partial charge on any atom is 0.194 e.